The predicted molar refractivity (Wildman–Crippen MR) is 78.1 cm³/mol. The summed E-state index contributed by atoms with van der Waals surface area (Å²) in [6.07, 6.45) is 3.10. The van der Waals surface area contributed by atoms with Crippen LogP contribution in [0.1, 0.15) is 19.3 Å². The van der Waals surface area contributed by atoms with Gasteiger partial charge in [-0.3, -0.25) is 16.0 Å². The Hall–Kier alpha value is -1.71. The van der Waals surface area contributed by atoms with E-state index in [0.29, 0.717) is 12.5 Å². The van der Waals surface area contributed by atoms with E-state index in [4.69, 9.17) is 5.84 Å². The highest BCUT2D eigenvalue weighted by Crippen LogP contribution is 2.32. The van der Waals surface area contributed by atoms with E-state index in [-0.39, 0.29) is 10.6 Å². The zero-order valence-electron chi connectivity index (χ0n) is 11.7. The summed E-state index contributed by atoms with van der Waals surface area (Å²) >= 11 is 0. The quantitative estimate of drug-likeness (QED) is 0.464. The maximum atomic E-state index is 12.5. The summed E-state index contributed by atoms with van der Waals surface area (Å²) in [6, 6.07) is 3.72. The maximum Gasteiger partial charge on any atom is 0.291 e. The smallest absolute Gasteiger partial charge is 0.291 e. The molecule has 1 aromatic rings. The van der Waals surface area contributed by atoms with Gasteiger partial charge in [0.05, 0.1) is 10.6 Å². The van der Waals surface area contributed by atoms with Crippen molar-refractivity contribution in [3.8, 4) is 0 Å². The van der Waals surface area contributed by atoms with E-state index in [1.54, 1.807) is 0 Å². The lowest BCUT2D eigenvalue weighted by Crippen LogP contribution is -2.34. The van der Waals surface area contributed by atoms with E-state index in [9.17, 15) is 18.5 Å². The first-order chi connectivity index (χ1) is 9.86. The number of nitro groups is 1. The highest BCUT2D eigenvalue weighted by atomic mass is 32.2. The molecule has 1 aromatic carbocycles. The van der Waals surface area contributed by atoms with Crippen molar-refractivity contribution >= 4 is 21.4 Å². The third kappa shape index (κ3) is 3.14. The monoisotopic (exact) mass is 314 g/mol. The molecule has 9 heteroatoms. The average molecular weight is 314 g/mol. The van der Waals surface area contributed by atoms with Gasteiger partial charge in [-0.1, -0.05) is 6.42 Å². The molecule has 0 amide bonds. The summed E-state index contributed by atoms with van der Waals surface area (Å²) in [4.78, 5) is 10.1. The second-order valence-corrected chi connectivity index (χ2v) is 7.18. The number of nitrogens with two attached hydrogens (primary N) is 1. The fraction of sp³-hybridized carbons (Fsp3) is 0.500. The number of nitrogens with zero attached hydrogens (tertiary/aromatic N) is 2. The van der Waals surface area contributed by atoms with Crippen LogP contribution in [0.15, 0.2) is 23.1 Å². The Morgan fingerprint density at radius 3 is 2.62 bits per heavy atom. The molecule has 1 saturated carbocycles. The molecule has 0 atom stereocenters. The van der Waals surface area contributed by atoms with Crippen molar-refractivity contribution in [3.05, 3.63) is 28.3 Å². The predicted octanol–water partition coefficient (Wildman–Crippen LogP) is 1.30. The van der Waals surface area contributed by atoms with E-state index in [1.807, 2.05) is 0 Å². The van der Waals surface area contributed by atoms with Crippen LogP contribution in [0.3, 0.4) is 0 Å². The Kier molecular flexibility index (Phi) is 4.45. The van der Waals surface area contributed by atoms with Crippen LogP contribution >= 0.6 is 0 Å². The second-order valence-electron chi connectivity index (χ2n) is 5.17. The second kappa shape index (κ2) is 5.96. The summed E-state index contributed by atoms with van der Waals surface area (Å²) in [7, 11) is -2.44. The minimum Gasteiger partial charge on any atom is -0.324 e. The first kappa shape index (κ1) is 15.7. The van der Waals surface area contributed by atoms with Gasteiger partial charge in [-0.05, 0) is 30.9 Å². The number of nitro benzene ring substituents is 1. The molecule has 0 bridgehead atoms. The zero-order valence-corrected chi connectivity index (χ0v) is 12.5. The normalized spacial score (nSPS) is 15.8. The van der Waals surface area contributed by atoms with Crippen LogP contribution in [-0.2, 0) is 10.0 Å². The molecule has 1 fully saturated rings. The first-order valence-electron chi connectivity index (χ1n) is 6.57. The molecule has 2 rings (SSSR count). The molecule has 0 aliphatic heterocycles. The molecule has 0 saturated heterocycles. The average Bonchev–Trinajstić information content (AvgIpc) is 2.41. The van der Waals surface area contributed by atoms with E-state index in [1.165, 1.54) is 23.5 Å². The number of anilines is 1. The number of hydrazine groups is 1. The summed E-state index contributed by atoms with van der Waals surface area (Å²) in [5.74, 6) is 5.54. The number of benzene rings is 1. The molecule has 3 N–H and O–H groups in total. The molecule has 0 radical (unpaired) electrons. The fourth-order valence-corrected chi connectivity index (χ4v) is 3.65. The number of hydrogen-bond donors (Lipinski definition) is 2. The lowest BCUT2D eigenvalue weighted by atomic mass is 9.86. The molecule has 1 aliphatic rings. The zero-order chi connectivity index (χ0) is 15.6. The van der Waals surface area contributed by atoms with Gasteiger partial charge in [-0.2, -0.15) is 0 Å². The van der Waals surface area contributed by atoms with Crippen molar-refractivity contribution in [3.63, 3.8) is 0 Å². The van der Waals surface area contributed by atoms with Crippen LogP contribution in [0.2, 0.25) is 0 Å². The molecular weight excluding hydrogens is 296 g/mol. The van der Waals surface area contributed by atoms with Crippen LogP contribution in [0.25, 0.3) is 0 Å². The molecule has 116 valence electrons. The maximum absolute atomic E-state index is 12.5. The molecule has 0 spiro atoms. The third-order valence-electron chi connectivity index (χ3n) is 3.75. The Bertz CT molecular complexity index is 643. The number of hydrogen-bond acceptors (Lipinski definition) is 6. The third-order valence-corrected chi connectivity index (χ3v) is 5.62. The van der Waals surface area contributed by atoms with E-state index in [2.05, 4.69) is 5.43 Å². The van der Waals surface area contributed by atoms with Gasteiger partial charge in [0.2, 0.25) is 10.0 Å². The van der Waals surface area contributed by atoms with Gasteiger partial charge < -0.3 is 5.43 Å². The minimum atomic E-state index is -3.89. The molecule has 0 unspecified atom stereocenters. The van der Waals surface area contributed by atoms with Gasteiger partial charge in [-0.25, -0.2) is 12.7 Å². The van der Waals surface area contributed by atoms with Gasteiger partial charge in [0.15, 0.2) is 4.90 Å². The molecule has 1 aliphatic carbocycles. The summed E-state index contributed by atoms with van der Waals surface area (Å²) in [6.45, 7) is 0.385. The Balaban J connectivity index is 2.36. The van der Waals surface area contributed by atoms with Crippen LogP contribution in [-0.4, -0.2) is 31.2 Å². The highest BCUT2D eigenvalue weighted by Gasteiger charge is 2.32. The molecular formula is C12H18N4O4S. The van der Waals surface area contributed by atoms with Gasteiger partial charge in [-0.15, -0.1) is 0 Å². The Morgan fingerprint density at radius 2 is 2.14 bits per heavy atom. The molecule has 21 heavy (non-hydrogen) atoms. The van der Waals surface area contributed by atoms with Crippen molar-refractivity contribution < 1.29 is 13.3 Å². The fourth-order valence-electron chi connectivity index (χ4n) is 2.27. The number of nitrogens with one attached hydrogen (secondary N) is 1. The number of rotatable bonds is 6. The minimum absolute atomic E-state index is 0.280. The number of nitrogen functional groups attached to an aromatic ring is 1. The van der Waals surface area contributed by atoms with Crippen LogP contribution in [0, 0.1) is 16.0 Å². The van der Waals surface area contributed by atoms with Crippen LogP contribution < -0.4 is 11.3 Å². The van der Waals surface area contributed by atoms with E-state index in [0.717, 1.165) is 25.3 Å². The lowest BCUT2D eigenvalue weighted by molar-refractivity contribution is -0.387. The number of sulfonamides is 1. The van der Waals surface area contributed by atoms with Crippen LogP contribution in [0.4, 0.5) is 11.4 Å². The lowest BCUT2D eigenvalue weighted by Gasteiger charge is -2.29. The summed E-state index contributed by atoms with van der Waals surface area (Å²) in [5.41, 5.74) is 2.07. The van der Waals surface area contributed by atoms with Gasteiger partial charge in [0.1, 0.15) is 0 Å². The van der Waals surface area contributed by atoms with Crippen molar-refractivity contribution in [2.24, 2.45) is 11.8 Å². The Morgan fingerprint density at radius 1 is 1.48 bits per heavy atom. The summed E-state index contributed by atoms with van der Waals surface area (Å²) in [5, 5.41) is 11.1. The van der Waals surface area contributed by atoms with Gasteiger partial charge >= 0.3 is 0 Å². The first-order valence-corrected chi connectivity index (χ1v) is 8.01. The Labute approximate surface area is 123 Å². The van der Waals surface area contributed by atoms with Gasteiger partial charge in [0, 0.05) is 19.7 Å². The largest absolute Gasteiger partial charge is 0.324 e. The van der Waals surface area contributed by atoms with Crippen LogP contribution in [0.5, 0.6) is 0 Å². The standard InChI is InChI=1S/C12H18N4O4S/c1-15(8-9-3-2-4-9)21(19,20)12-6-5-10(14-13)7-11(12)16(17)18/h5-7,9,14H,2-4,8,13H2,1H3. The SMILES string of the molecule is CN(CC1CCC1)S(=O)(=O)c1ccc(NN)cc1[N+](=O)[O-]. The molecule has 0 aromatic heterocycles. The molecule has 8 nitrogen and oxygen atoms in total. The van der Waals surface area contributed by atoms with Crippen molar-refractivity contribution in [1.82, 2.24) is 4.31 Å². The topological polar surface area (TPSA) is 119 Å². The molecule has 0 heterocycles. The van der Waals surface area contributed by atoms with E-state index >= 15 is 0 Å². The van der Waals surface area contributed by atoms with Crippen molar-refractivity contribution in [1.29, 1.82) is 0 Å². The highest BCUT2D eigenvalue weighted by molar-refractivity contribution is 7.89. The van der Waals surface area contributed by atoms with Crippen molar-refractivity contribution in [2.45, 2.75) is 24.2 Å². The van der Waals surface area contributed by atoms with Gasteiger partial charge in [0.25, 0.3) is 5.69 Å². The van der Waals surface area contributed by atoms with E-state index < -0.39 is 20.6 Å². The summed E-state index contributed by atoms with van der Waals surface area (Å²) < 4.78 is 26.2. The van der Waals surface area contributed by atoms with Crippen molar-refractivity contribution in [2.75, 3.05) is 19.0 Å².